The maximum atomic E-state index is 12.5. The van der Waals surface area contributed by atoms with Gasteiger partial charge in [-0.05, 0) is 31.2 Å². The summed E-state index contributed by atoms with van der Waals surface area (Å²) in [6.07, 6.45) is 2.17. The second-order valence-corrected chi connectivity index (χ2v) is 6.52. The lowest BCUT2D eigenvalue weighted by molar-refractivity contribution is -0.137. The summed E-state index contributed by atoms with van der Waals surface area (Å²) in [6.45, 7) is 2.76. The second-order valence-electron chi connectivity index (χ2n) is 6.52. The molecule has 132 valence electrons. The molecule has 2 rings (SSSR count). The number of nitrogens with one attached hydrogen (secondary N) is 1. The third-order valence-corrected chi connectivity index (χ3v) is 4.64. The number of carboxylic acid groups (broad SMARTS) is 1. The second kappa shape index (κ2) is 8.15. The van der Waals surface area contributed by atoms with Crippen LogP contribution in [0.5, 0.6) is 0 Å². The third kappa shape index (κ3) is 5.23. The number of rotatable bonds is 7. The van der Waals surface area contributed by atoms with Crippen LogP contribution in [0.1, 0.15) is 38.2 Å². The first kappa shape index (κ1) is 18.3. The van der Waals surface area contributed by atoms with Crippen molar-refractivity contribution in [3.8, 4) is 0 Å². The van der Waals surface area contributed by atoms with Crippen molar-refractivity contribution in [3.05, 3.63) is 35.9 Å². The molecule has 1 saturated heterocycles. The van der Waals surface area contributed by atoms with Crippen molar-refractivity contribution < 1.29 is 19.8 Å². The van der Waals surface area contributed by atoms with Gasteiger partial charge in [0.25, 0.3) is 0 Å². The number of β-amino-alcohol motifs (C(OH)–C–C–N with tert-alkyl or cyclic N) is 1. The van der Waals surface area contributed by atoms with E-state index in [-0.39, 0.29) is 18.5 Å². The highest BCUT2D eigenvalue weighted by Crippen LogP contribution is 2.24. The van der Waals surface area contributed by atoms with E-state index >= 15 is 0 Å². The maximum absolute atomic E-state index is 12.5. The molecule has 1 aliphatic rings. The van der Waals surface area contributed by atoms with Gasteiger partial charge >= 0.3 is 12.0 Å². The first-order valence-corrected chi connectivity index (χ1v) is 8.45. The van der Waals surface area contributed by atoms with Crippen molar-refractivity contribution >= 4 is 12.0 Å². The van der Waals surface area contributed by atoms with Crippen molar-refractivity contribution in [1.29, 1.82) is 0 Å². The van der Waals surface area contributed by atoms with Crippen LogP contribution < -0.4 is 5.32 Å². The number of carbonyl (C=O) groups excluding carboxylic acids is 1. The van der Waals surface area contributed by atoms with Crippen LogP contribution in [0.25, 0.3) is 0 Å². The molecular formula is C18H26N2O4. The first-order valence-electron chi connectivity index (χ1n) is 8.45. The van der Waals surface area contributed by atoms with Crippen LogP contribution in [-0.4, -0.2) is 51.8 Å². The Balaban J connectivity index is 1.96. The first-order chi connectivity index (χ1) is 11.4. The van der Waals surface area contributed by atoms with E-state index in [0.29, 0.717) is 38.8 Å². The van der Waals surface area contributed by atoms with E-state index in [0.717, 1.165) is 5.56 Å². The number of urea groups is 1. The van der Waals surface area contributed by atoms with Gasteiger partial charge in [0.15, 0.2) is 0 Å². The average Bonchev–Trinajstić information content (AvgIpc) is 2.97. The van der Waals surface area contributed by atoms with Crippen LogP contribution in [0.15, 0.2) is 30.3 Å². The Kier molecular flexibility index (Phi) is 6.20. The number of aliphatic carboxylic acids is 1. The summed E-state index contributed by atoms with van der Waals surface area (Å²) >= 11 is 0. The van der Waals surface area contributed by atoms with Gasteiger partial charge in [-0.25, -0.2) is 4.79 Å². The molecule has 0 saturated carbocycles. The van der Waals surface area contributed by atoms with Crippen LogP contribution in [0, 0.1) is 0 Å². The molecule has 1 aliphatic heterocycles. The Morgan fingerprint density at radius 2 is 2.04 bits per heavy atom. The lowest BCUT2D eigenvalue weighted by Crippen LogP contribution is -2.46. The van der Waals surface area contributed by atoms with Gasteiger partial charge in [-0.2, -0.15) is 0 Å². The van der Waals surface area contributed by atoms with Crippen LogP contribution >= 0.6 is 0 Å². The topological polar surface area (TPSA) is 89.9 Å². The number of carbonyl (C=O) groups is 2. The van der Waals surface area contributed by atoms with E-state index in [1.807, 2.05) is 37.3 Å². The number of hydrogen-bond donors (Lipinski definition) is 3. The molecule has 3 N–H and O–H groups in total. The number of amides is 2. The van der Waals surface area contributed by atoms with E-state index in [9.17, 15) is 14.7 Å². The van der Waals surface area contributed by atoms with Gasteiger partial charge in [0.05, 0.1) is 12.1 Å². The van der Waals surface area contributed by atoms with Crippen molar-refractivity contribution in [2.45, 2.75) is 50.7 Å². The van der Waals surface area contributed by atoms with Gasteiger partial charge in [0.2, 0.25) is 0 Å². The van der Waals surface area contributed by atoms with Crippen LogP contribution in [-0.2, 0) is 11.2 Å². The molecule has 1 heterocycles. The fourth-order valence-electron chi connectivity index (χ4n) is 3.01. The molecule has 0 bridgehead atoms. The van der Waals surface area contributed by atoms with E-state index in [4.69, 9.17) is 5.11 Å². The van der Waals surface area contributed by atoms with E-state index in [2.05, 4.69) is 5.32 Å². The molecule has 6 heteroatoms. The monoisotopic (exact) mass is 334 g/mol. The zero-order chi connectivity index (χ0) is 17.6. The summed E-state index contributed by atoms with van der Waals surface area (Å²) in [4.78, 5) is 24.9. The summed E-state index contributed by atoms with van der Waals surface area (Å²) in [6, 6.07) is 9.22. The minimum atomic E-state index is -0.871. The van der Waals surface area contributed by atoms with Crippen molar-refractivity contribution in [3.63, 3.8) is 0 Å². The molecule has 2 amide bonds. The minimum absolute atomic E-state index is 0.0106. The third-order valence-electron chi connectivity index (χ3n) is 4.64. The van der Waals surface area contributed by atoms with Crippen LogP contribution in [0.3, 0.4) is 0 Å². The summed E-state index contributed by atoms with van der Waals surface area (Å²) < 4.78 is 0. The standard InChI is InChI=1S/C18H26N2O4/c1-2-18(24)10-11-20(13-18)17(23)19-15(8-9-16(21)22)12-14-6-4-3-5-7-14/h3-7,15,24H,2,8-13H2,1H3,(H,19,23)(H,21,22). The quantitative estimate of drug-likeness (QED) is 0.711. The normalized spacial score (nSPS) is 21.5. The number of nitrogens with zero attached hydrogens (tertiary/aromatic N) is 1. The SMILES string of the molecule is CCC1(O)CCN(C(=O)NC(CCC(=O)O)Cc2ccccc2)C1. The van der Waals surface area contributed by atoms with Gasteiger partial charge in [0, 0.05) is 19.0 Å². The number of hydrogen-bond acceptors (Lipinski definition) is 3. The zero-order valence-corrected chi connectivity index (χ0v) is 14.1. The van der Waals surface area contributed by atoms with Crippen molar-refractivity contribution in [2.75, 3.05) is 13.1 Å². The van der Waals surface area contributed by atoms with Crippen molar-refractivity contribution in [2.24, 2.45) is 0 Å². The zero-order valence-electron chi connectivity index (χ0n) is 14.1. The number of aliphatic hydroxyl groups is 1. The van der Waals surface area contributed by atoms with E-state index < -0.39 is 11.6 Å². The van der Waals surface area contributed by atoms with Crippen LogP contribution in [0.2, 0.25) is 0 Å². The van der Waals surface area contributed by atoms with Gasteiger partial charge in [-0.1, -0.05) is 37.3 Å². The Morgan fingerprint density at radius 3 is 2.62 bits per heavy atom. The molecule has 2 atom stereocenters. The summed E-state index contributed by atoms with van der Waals surface area (Å²) in [5.41, 5.74) is 0.257. The molecule has 1 fully saturated rings. The van der Waals surface area contributed by atoms with Crippen molar-refractivity contribution in [1.82, 2.24) is 10.2 Å². The van der Waals surface area contributed by atoms with Gasteiger partial charge in [0.1, 0.15) is 0 Å². The van der Waals surface area contributed by atoms with E-state index in [1.165, 1.54) is 0 Å². The molecule has 24 heavy (non-hydrogen) atoms. The molecule has 1 aromatic carbocycles. The average molecular weight is 334 g/mol. The smallest absolute Gasteiger partial charge is 0.317 e. The highest BCUT2D eigenvalue weighted by atomic mass is 16.4. The number of likely N-dealkylation sites (tertiary alicyclic amines) is 1. The molecule has 0 aliphatic carbocycles. The summed E-state index contributed by atoms with van der Waals surface area (Å²) in [5, 5.41) is 22.1. The Hall–Kier alpha value is -2.08. The number of benzene rings is 1. The lowest BCUT2D eigenvalue weighted by Gasteiger charge is -2.25. The Labute approximate surface area is 142 Å². The highest BCUT2D eigenvalue weighted by molar-refractivity contribution is 5.75. The molecule has 0 spiro atoms. The van der Waals surface area contributed by atoms with Gasteiger partial charge in [-0.15, -0.1) is 0 Å². The fourth-order valence-corrected chi connectivity index (χ4v) is 3.01. The predicted molar refractivity (Wildman–Crippen MR) is 90.8 cm³/mol. The molecule has 2 unspecified atom stereocenters. The molecule has 6 nitrogen and oxygen atoms in total. The largest absolute Gasteiger partial charge is 0.481 e. The number of carboxylic acids is 1. The highest BCUT2D eigenvalue weighted by Gasteiger charge is 2.37. The summed E-state index contributed by atoms with van der Waals surface area (Å²) in [7, 11) is 0. The minimum Gasteiger partial charge on any atom is -0.481 e. The predicted octanol–water partition coefficient (Wildman–Crippen LogP) is 2.02. The van der Waals surface area contributed by atoms with Gasteiger partial charge in [-0.3, -0.25) is 4.79 Å². The molecule has 0 radical (unpaired) electrons. The Morgan fingerprint density at radius 1 is 1.33 bits per heavy atom. The Bertz CT molecular complexity index is 563. The maximum Gasteiger partial charge on any atom is 0.317 e. The molecule has 0 aromatic heterocycles. The van der Waals surface area contributed by atoms with Gasteiger partial charge < -0.3 is 20.4 Å². The lowest BCUT2D eigenvalue weighted by atomic mass is 10.0. The molecular weight excluding hydrogens is 308 g/mol. The molecule has 1 aromatic rings. The fraction of sp³-hybridized carbons (Fsp3) is 0.556. The summed E-state index contributed by atoms with van der Waals surface area (Å²) in [5.74, 6) is -0.871. The van der Waals surface area contributed by atoms with Crippen LogP contribution in [0.4, 0.5) is 4.79 Å². The van der Waals surface area contributed by atoms with E-state index in [1.54, 1.807) is 4.90 Å².